The van der Waals surface area contributed by atoms with Crippen molar-refractivity contribution in [3.63, 3.8) is 0 Å². The van der Waals surface area contributed by atoms with Gasteiger partial charge < -0.3 is 20.1 Å². The molecule has 1 atom stereocenters. The quantitative estimate of drug-likeness (QED) is 0.402. The van der Waals surface area contributed by atoms with Gasteiger partial charge in [-0.3, -0.25) is 9.59 Å². The number of carbonyl (C=O) groups excluding carboxylic acids is 3. The normalized spacial score (nSPS) is 11.7. The fraction of sp³-hybridized carbons (Fsp3) is 0.261. The standard InChI is InChI=1S/C23H23BrN2O5S/c1-5-30-23(29)18-15-10-11-16(24)19(20(15)32-22(18)25-14(4)27)31-13(3)21(28)26-17-9-7-6-8-12(17)2/h6-11,13H,5H2,1-4H3,(H,25,27)(H,26,28)/t13-/m1/s1. The first kappa shape index (κ1) is 23.7. The lowest BCUT2D eigenvalue weighted by Gasteiger charge is -2.17. The maximum absolute atomic E-state index is 12.7. The Balaban J connectivity index is 1.98. The van der Waals surface area contributed by atoms with Crippen LogP contribution in [0.2, 0.25) is 0 Å². The molecule has 0 saturated heterocycles. The Bertz CT molecular complexity index is 1190. The molecule has 2 amide bonds. The van der Waals surface area contributed by atoms with Gasteiger partial charge in [-0.15, -0.1) is 11.3 Å². The number of hydrogen-bond donors (Lipinski definition) is 2. The number of halogens is 1. The second kappa shape index (κ2) is 10.1. The smallest absolute Gasteiger partial charge is 0.341 e. The van der Waals surface area contributed by atoms with Crippen molar-refractivity contribution in [1.29, 1.82) is 0 Å². The summed E-state index contributed by atoms with van der Waals surface area (Å²) in [7, 11) is 0. The second-order valence-electron chi connectivity index (χ2n) is 7.03. The van der Waals surface area contributed by atoms with Gasteiger partial charge in [-0.2, -0.15) is 0 Å². The van der Waals surface area contributed by atoms with Crippen LogP contribution in [0.15, 0.2) is 40.9 Å². The molecule has 168 valence electrons. The Morgan fingerprint density at radius 1 is 1.12 bits per heavy atom. The van der Waals surface area contributed by atoms with Gasteiger partial charge in [-0.05, 0) is 54.4 Å². The minimum absolute atomic E-state index is 0.200. The topological polar surface area (TPSA) is 93.7 Å². The van der Waals surface area contributed by atoms with E-state index in [1.54, 1.807) is 26.0 Å². The third kappa shape index (κ3) is 5.11. The third-order valence-electron chi connectivity index (χ3n) is 4.60. The number of esters is 1. The first-order valence-corrected chi connectivity index (χ1v) is 11.6. The van der Waals surface area contributed by atoms with E-state index >= 15 is 0 Å². The van der Waals surface area contributed by atoms with Crippen LogP contribution in [0, 0.1) is 6.92 Å². The Kier molecular flexibility index (Phi) is 7.52. The highest BCUT2D eigenvalue weighted by Gasteiger charge is 2.26. The van der Waals surface area contributed by atoms with Crippen LogP contribution in [-0.4, -0.2) is 30.5 Å². The molecule has 0 fully saturated rings. The number of rotatable bonds is 7. The van der Waals surface area contributed by atoms with Crippen LogP contribution < -0.4 is 15.4 Å². The highest BCUT2D eigenvalue weighted by Crippen LogP contribution is 2.45. The van der Waals surface area contributed by atoms with Gasteiger partial charge in [-0.1, -0.05) is 24.3 Å². The maximum atomic E-state index is 12.7. The van der Waals surface area contributed by atoms with Crippen molar-refractivity contribution in [2.24, 2.45) is 0 Å². The fourth-order valence-corrected chi connectivity index (χ4v) is 4.83. The second-order valence-corrected chi connectivity index (χ2v) is 8.90. The van der Waals surface area contributed by atoms with Crippen molar-refractivity contribution in [3.8, 4) is 5.75 Å². The summed E-state index contributed by atoms with van der Waals surface area (Å²) in [6, 6.07) is 11.0. The van der Waals surface area contributed by atoms with Crippen LogP contribution in [0.4, 0.5) is 10.7 Å². The SMILES string of the molecule is CCOC(=O)c1c(NC(C)=O)sc2c(O[C@H](C)C(=O)Nc3ccccc3C)c(Br)ccc12. The molecule has 7 nitrogen and oxygen atoms in total. The number of anilines is 2. The largest absolute Gasteiger partial charge is 0.478 e. The van der Waals surface area contributed by atoms with E-state index in [1.807, 2.05) is 31.2 Å². The summed E-state index contributed by atoms with van der Waals surface area (Å²) in [6.45, 7) is 6.83. The average Bonchev–Trinajstić information content (AvgIpc) is 3.09. The average molecular weight is 519 g/mol. The molecule has 0 radical (unpaired) electrons. The summed E-state index contributed by atoms with van der Waals surface area (Å²) in [5.41, 5.74) is 1.91. The minimum atomic E-state index is -0.825. The van der Waals surface area contributed by atoms with Gasteiger partial charge in [-0.25, -0.2) is 4.79 Å². The zero-order valence-corrected chi connectivity index (χ0v) is 20.5. The molecular weight excluding hydrogens is 496 g/mol. The number of ether oxygens (including phenoxy) is 2. The van der Waals surface area contributed by atoms with Crippen molar-refractivity contribution in [2.45, 2.75) is 33.8 Å². The van der Waals surface area contributed by atoms with E-state index in [4.69, 9.17) is 9.47 Å². The minimum Gasteiger partial charge on any atom is -0.478 e. The third-order valence-corrected chi connectivity index (χ3v) is 6.34. The van der Waals surface area contributed by atoms with Crippen LogP contribution in [0.25, 0.3) is 10.1 Å². The van der Waals surface area contributed by atoms with Gasteiger partial charge in [0, 0.05) is 18.0 Å². The Hall–Kier alpha value is -2.91. The number of benzene rings is 2. The molecule has 0 aliphatic carbocycles. The Morgan fingerprint density at radius 3 is 2.50 bits per heavy atom. The van der Waals surface area contributed by atoms with E-state index in [0.717, 1.165) is 5.56 Å². The first-order valence-electron chi connectivity index (χ1n) is 9.95. The molecule has 3 rings (SSSR count). The predicted molar refractivity (Wildman–Crippen MR) is 130 cm³/mol. The Labute approximate surface area is 198 Å². The van der Waals surface area contributed by atoms with Crippen LogP contribution in [0.3, 0.4) is 0 Å². The van der Waals surface area contributed by atoms with Crippen molar-refractivity contribution >= 4 is 65.8 Å². The molecule has 0 bridgehead atoms. The summed E-state index contributed by atoms with van der Waals surface area (Å²) in [5, 5.41) is 6.50. The number of amides is 2. The van der Waals surface area contributed by atoms with Gasteiger partial charge >= 0.3 is 5.97 Å². The summed E-state index contributed by atoms with van der Waals surface area (Å²) >= 11 is 4.66. The molecule has 1 aromatic heterocycles. The predicted octanol–water partition coefficient (Wildman–Crippen LogP) is 5.51. The van der Waals surface area contributed by atoms with E-state index in [1.165, 1.54) is 18.3 Å². The van der Waals surface area contributed by atoms with E-state index in [0.29, 0.717) is 31.0 Å². The number of fused-ring (bicyclic) bond motifs is 1. The highest BCUT2D eigenvalue weighted by atomic mass is 79.9. The van der Waals surface area contributed by atoms with Crippen molar-refractivity contribution in [1.82, 2.24) is 0 Å². The van der Waals surface area contributed by atoms with Crippen LogP contribution in [0.5, 0.6) is 5.75 Å². The van der Waals surface area contributed by atoms with E-state index in [-0.39, 0.29) is 24.0 Å². The molecule has 32 heavy (non-hydrogen) atoms. The molecule has 0 aliphatic heterocycles. The number of carbonyl (C=O) groups is 3. The summed E-state index contributed by atoms with van der Waals surface area (Å²) in [5.74, 6) is -0.759. The monoisotopic (exact) mass is 518 g/mol. The lowest BCUT2D eigenvalue weighted by molar-refractivity contribution is -0.122. The zero-order chi connectivity index (χ0) is 23.4. The molecule has 0 aliphatic rings. The molecular formula is C23H23BrN2O5S. The molecule has 2 aromatic carbocycles. The van der Waals surface area contributed by atoms with Crippen LogP contribution in [-0.2, 0) is 14.3 Å². The van der Waals surface area contributed by atoms with Gasteiger partial charge in [0.1, 0.15) is 10.6 Å². The molecule has 0 spiro atoms. The van der Waals surface area contributed by atoms with Gasteiger partial charge in [0.25, 0.3) is 5.91 Å². The van der Waals surface area contributed by atoms with Gasteiger partial charge in [0.15, 0.2) is 11.9 Å². The number of para-hydroxylation sites is 1. The molecule has 9 heteroatoms. The molecule has 0 unspecified atom stereocenters. The van der Waals surface area contributed by atoms with Crippen molar-refractivity contribution in [2.75, 3.05) is 17.2 Å². The summed E-state index contributed by atoms with van der Waals surface area (Å²) in [6.07, 6.45) is -0.825. The first-order chi connectivity index (χ1) is 15.2. The van der Waals surface area contributed by atoms with Gasteiger partial charge in [0.2, 0.25) is 5.91 Å². The summed E-state index contributed by atoms with van der Waals surface area (Å²) < 4.78 is 12.4. The van der Waals surface area contributed by atoms with Crippen molar-refractivity contribution in [3.05, 3.63) is 52.0 Å². The number of nitrogens with one attached hydrogen (secondary N) is 2. The molecule has 2 N–H and O–H groups in total. The van der Waals surface area contributed by atoms with Crippen LogP contribution >= 0.6 is 27.3 Å². The highest BCUT2D eigenvalue weighted by molar-refractivity contribution is 9.10. The van der Waals surface area contributed by atoms with Crippen LogP contribution in [0.1, 0.15) is 36.7 Å². The molecule has 3 aromatic rings. The van der Waals surface area contributed by atoms with E-state index in [9.17, 15) is 14.4 Å². The Morgan fingerprint density at radius 2 is 1.84 bits per heavy atom. The summed E-state index contributed by atoms with van der Waals surface area (Å²) in [4.78, 5) is 37.0. The van der Waals surface area contributed by atoms with Crippen molar-refractivity contribution < 1.29 is 23.9 Å². The lowest BCUT2D eigenvalue weighted by atomic mass is 10.1. The maximum Gasteiger partial charge on any atom is 0.341 e. The molecule has 0 saturated carbocycles. The number of aryl methyl sites for hydroxylation is 1. The zero-order valence-electron chi connectivity index (χ0n) is 18.1. The van der Waals surface area contributed by atoms with E-state index in [2.05, 4.69) is 26.6 Å². The van der Waals surface area contributed by atoms with E-state index < -0.39 is 12.1 Å². The van der Waals surface area contributed by atoms with Gasteiger partial charge in [0.05, 0.1) is 15.8 Å². The fourth-order valence-electron chi connectivity index (χ4n) is 3.05. The number of thiophene rings is 1. The number of hydrogen-bond acceptors (Lipinski definition) is 6. The lowest BCUT2D eigenvalue weighted by Crippen LogP contribution is -2.30. The molecule has 1 heterocycles.